The molecule has 6 rings (SSSR count). The Morgan fingerprint density at radius 1 is 0.955 bits per heavy atom. The summed E-state index contributed by atoms with van der Waals surface area (Å²) >= 11 is 1.55. The highest BCUT2D eigenvalue weighted by Gasteiger charge is 2.34. The second-order valence-electron chi connectivity index (χ2n) is 11.0. The van der Waals surface area contributed by atoms with Crippen molar-refractivity contribution in [2.24, 2.45) is 0 Å². The summed E-state index contributed by atoms with van der Waals surface area (Å²) < 4.78 is 1.69. The molecule has 0 unspecified atom stereocenters. The first-order valence-corrected chi connectivity index (χ1v) is 15.5. The Kier molecular flexibility index (Phi) is 8.74. The molecule has 1 aliphatic rings. The average molecular weight is 603 g/mol. The van der Waals surface area contributed by atoms with Gasteiger partial charge in [-0.3, -0.25) is 9.59 Å². The van der Waals surface area contributed by atoms with E-state index in [0.29, 0.717) is 19.5 Å². The van der Waals surface area contributed by atoms with Gasteiger partial charge in [-0.2, -0.15) is 5.10 Å². The van der Waals surface area contributed by atoms with Gasteiger partial charge in [-0.05, 0) is 60.7 Å². The van der Waals surface area contributed by atoms with Crippen molar-refractivity contribution >= 4 is 29.2 Å². The monoisotopic (exact) mass is 602 g/mol. The van der Waals surface area contributed by atoms with Crippen molar-refractivity contribution in [3.05, 3.63) is 135 Å². The minimum Gasteiger partial charge on any atom is -0.336 e. The van der Waals surface area contributed by atoms with E-state index in [4.69, 9.17) is 0 Å². The number of hydrogen-bond donors (Lipinski definition) is 0. The molecular formula is C35H34N6O2S. The van der Waals surface area contributed by atoms with E-state index in [9.17, 15) is 9.59 Å². The van der Waals surface area contributed by atoms with Gasteiger partial charge in [-0.15, -0.1) is 11.3 Å². The number of hydrogen-bond acceptors (Lipinski definition) is 6. The number of fused-ring (bicyclic) bond motifs is 1. The smallest absolute Gasteiger partial charge is 0.247 e. The van der Waals surface area contributed by atoms with Gasteiger partial charge in [0.2, 0.25) is 11.8 Å². The van der Waals surface area contributed by atoms with Crippen LogP contribution in [-0.2, 0) is 35.5 Å². The first kappa shape index (κ1) is 29.2. The molecule has 2 aromatic heterocycles. The third kappa shape index (κ3) is 6.68. The molecule has 0 saturated heterocycles. The van der Waals surface area contributed by atoms with E-state index in [0.717, 1.165) is 44.4 Å². The number of aryl methyl sites for hydroxylation is 2. The molecule has 3 heterocycles. The zero-order valence-corrected chi connectivity index (χ0v) is 25.7. The van der Waals surface area contributed by atoms with Gasteiger partial charge in [0.05, 0.1) is 21.3 Å². The molecule has 1 atom stereocenters. The number of aromatic nitrogens is 4. The van der Waals surface area contributed by atoms with E-state index in [1.807, 2.05) is 91.6 Å². The minimum atomic E-state index is -0.695. The molecule has 44 heavy (non-hydrogen) atoms. The molecule has 9 heteroatoms. The van der Waals surface area contributed by atoms with Gasteiger partial charge < -0.3 is 9.80 Å². The van der Waals surface area contributed by atoms with E-state index in [1.165, 1.54) is 11.9 Å². The van der Waals surface area contributed by atoms with Crippen LogP contribution in [0.3, 0.4) is 0 Å². The minimum absolute atomic E-state index is 0.0471. The second-order valence-corrected chi connectivity index (χ2v) is 12.2. The van der Waals surface area contributed by atoms with Crippen LogP contribution in [-0.4, -0.2) is 53.9 Å². The van der Waals surface area contributed by atoms with Crippen molar-refractivity contribution in [3.8, 4) is 5.69 Å². The first-order valence-electron chi connectivity index (χ1n) is 14.7. The highest BCUT2D eigenvalue weighted by molar-refractivity contribution is 7.12. The molecule has 5 aromatic rings. The highest BCUT2D eigenvalue weighted by Crippen LogP contribution is 2.24. The van der Waals surface area contributed by atoms with Crippen molar-refractivity contribution in [2.75, 3.05) is 6.54 Å². The summed E-state index contributed by atoms with van der Waals surface area (Å²) in [6, 6.07) is 25.3. The molecule has 2 amide bonds. The standard InChI is InChI=1S/C35H34N6O2S/c1-25-33(44-26(2)38-25)16-17-34(42)40(21-28-12-14-31(15-13-28)41-24-36-23-37-41)32(20-27-8-4-3-5-9-27)35(43)39-19-18-29-10-6-7-11-30(29)22-39/h3-17,23-24,32H,18-22H2,1-2H3/t32-/m0/s1. The number of carbonyl (C=O) groups is 2. The van der Waals surface area contributed by atoms with Crippen LogP contribution in [0.1, 0.15) is 37.8 Å². The molecule has 0 fully saturated rings. The zero-order chi connectivity index (χ0) is 30.5. The molecule has 0 N–H and O–H groups in total. The lowest BCUT2D eigenvalue weighted by atomic mass is 9.97. The Balaban J connectivity index is 1.35. The lowest BCUT2D eigenvalue weighted by Crippen LogP contribution is -2.52. The molecular weight excluding hydrogens is 568 g/mol. The maximum atomic E-state index is 14.5. The predicted molar refractivity (Wildman–Crippen MR) is 172 cm³/mol. The number of thiazole rings is 1. The summed E-state index contributed by atoms with van der Waals surface area (Å²) in [7, 11) is 0. The van der Waals surface area contributed by atoms with Gasteiger partial charge in [-0.25, -0.2) is 14.6 Å². The number of amides is 2. The summed E-state index contributed by atoms with van der Waals surface area (Å²) in [5.74, 6) is -0.267. The van der Waals surface area contributed by atoms with E-state index in [2.05, 4.69) is 27.2 Å². The number of carbonyl (C=O) groups excluding carboxylic acids is 2. The Hall–Kier alpha value is -4.89. The van der Waals surface area contributed by atoms with Crippen LogP contribution < -0.4 is 0 Å². The summed E-state index contributed by atoms with van der Waals surface area (Å²) in [6.45, 7) is 5.32. The fourth-order valence-corrected chi connectivity index (χ4v) is 6.47. The van der Waals surface area contributed by atoms with Gasteiger partial charge >= 0.3 is 0 Å². The van der Waals surface area contributed by atoms with Crippen molar-refractivity contribution in [3.63, 3.8) is 0 Å². The van der Waals surface area contributed by atoms with Gasteiger partial charge in [0.25, 0.3) is 0 Å². The van der Waals surface area contributed by atoms with Crippen LogP contribution in [0.4, 0.5) is 0 Å². The summed E-state index contributed by atoms with van der Waals surface area (Å²) in [4.78, 5) is 41.7. The third-order valence-corrected chi connectivity index (χ3v) is 8.99. The van der Waals surface area contributed by atoms with Crippen molar-refractivity contribution in [1.29, 1.82) is 0 Å². The van der Waals surface area contributed by atoms with Gasteiger partial charge in [-0.1, -0.05) is 66.7 Å². The molecule has 0 saturated carbocycles. The van der Waals surface area contributed by atoms with Crippen molar-refractivity contribution < 1.29 is 9.59 Å². The van der Waals surface area contributed by atoms with Crippen LogP contribution in [0.5, 0.6) is 0 Å². The molecule has 8 nitrogen and oxygen atoms in total. The number of nitrogens with zero attached hydrogens (tertiary/aromatic N) is 6. The maximum absolute atomic E-state index is 14.5. The average Bonchev–Trinajstić information content (AvgIpc) is 3.71. The summed E-state index contributed by atoms with van der Waals surface area (Å²) in [6.07, 6.45) is 7.75. The van der Waals surface area contributed by atoms with Crippen LogP contribution in [0.15, 0.2) is 97.6 Å². The Morgan fingerprint density at radius 2 is 1.70 bits per heavy atom. The van der Waals surface area contributed by atoms with E-state index in [-0.39, 0.29) is 18.4 Å². The largest absolute Gasteiger partial charge is 0.336 e. The van der Waals surface area contributed by atoms with Crippen molar-refractivity contribution in [1.82, 2.24) is 29.5 Å². The van der Waals surface area contributed by atoms with Crippen LogP contribution in [0.2, 0.25) is 0 Å². The fourth-order valence-electron chi connectivity index (χ4n) is 5.64. The molecule has 1 aliphatic heterocycles. The lowest BCUT2D eigenvalue weighted by molar-refractivity contribution is -0.144. The normalized spacial score (nSPS) is 13.5. The molecule has 0 aliphatic carbocycles. The predicted octanol–water partition coefficient (Wildman–Crippen LogP) is 5.58. The van der Waals surface area contributed by atoms with Gasteiger partial charge in [0.1, 0.15) is 18.7 Å². The molecule has 0 spiro atoms. The fraction of sp³-hybridized carbons (Fsp3) is 0.229. The quantitative estimate of drug-likeness (QED) is 0.206. The first-order chi connectivity index (χ1) is 21.4. The van der Waals surface area contributed by atoms with Gasteiger partial charge in [0.15, 0.2) is 0 Å². The molecule has 0 radical (unpaired) electrons. The SMILES string of the molecule is Cc1nc(C)c(C=CC(=O)N(Cc2ccc(-n3cncn3)cc2)[C@@H](Cc2ccccc2)C(=O)N2CCc3ccccc3C2)s1. The summed E-state index contributed by atoms with van der Waals surface area (Å²) in [5.41, 5.74) is 6.09. The number of rotatable bonds is 9. The topological polar surface area (TPSA) is 84.2 Å². The van der Waals surface area contributed by atoms with E-state index in [1.54, 1.807) is 33.3 Å². The number of benzene rings is 3. The Morgan fingerprint density at radius 3 is 2.41 bits per heavy atom. The van der Waals surface area contributed by atoms with Crippen LogP contribution in [0, 0.1) is 13.8 Å². The molecule has 3 aromatic carbocycles. The van der Waals surface area contributed by atoms with Crippen LogP contribution >= 0.6 is 11.3 Å². The van der Waals surface area contributed by atoms with E-state index < -0.39 is 6.04 Å². The second kappa shape index (κ2) is 13.2. The van der Waals surface area contributed by atoms with Crippen LogP contribution in [0.25, 0.3) is 11.8 Å². The third-order valence-electron chi connectivity index (χ3n) is 7.95. The summed E-state index contributed by atoms with van der Waals surface area (Å²) in [5, 5.41) is 5.16. The zero-order valence-electron chi connectivity index (χ0n) is 24.8. The highest BCUT2D eigenvalue weighted by atomic mass is 32.1. The Bertz CT molecular complexity index is 1760. The Labute approximate surface area is 261 Å². The molecule has 0 bridgehead atoms. The van der Waals surface area contributed by atoms with Gasteiger partial charge in [0, 0.05) is 32.1 Å². The lowest BCUT2D eigenvalue weighted by Gasteiger charge is -2.37. The molecule has 222 valence electrons. The maximum Gasteiger partial charge on any atom is 0.247 e. The van der Waals surface area contributed by atoms with Crippen molar-refractivity contribution in [2.45, 2.75) is 45.8 Å². The van der Waals surface area contributed by atoms with E-state index >= 15 is 0 Å².